The second kappa shape index (κ2) is 5.55. The van der Waals surface area contributed by atoms with Gasteiger partial charge in [-0.05, 0) is 6.92 Å². The predicted molar refractivity (Wildman–Crippen MR) is 65.6 cm³/mol. The molecule has 0 amide bonds. The molecule has 0 spiro atoms. The van der Waals surface area contributed by atoms with Crippen LogP contribution in [0.25, 0.3) is 0 Å². The number of anilines is 1. The van der Waals surface area contributed by atoms with E-state index in [0.29, 0.717) is 5.69 Å². The Bertz CT molecular complexity index is 580. The molecule has 1 aromatic rings. The summed E-state index contributed by atoms with van der Waals surface area (Å²) in [7, 11) is -1.33. The van der Waals surface area contributed by atoms with E-state index in [1.54, 1.807) is 7.05 Å². The van der Waals surface area contributed by atoms with Gasteiger partial charge in [0.1, 0.15) is 4.90 Å². The largest absolute Gasteiger partial charge is 0.467 e. The van der Waals surface area contributed by atoms with Gasteiger partial charge in [0, 0.05) is 13.6 Å². The lowest BCUT2D eigenvalue weighted by atomic mass is 10.4. The third-order valence-electron chi connectivity index (χ3n) is 2.51. The highest BCUT2D eigenvalue weighted by Crippen LogP contribution is 2.20. The van der Waals surface area contributed by atoms with Crippen LogP contribution in [0.5, 0.6) is 0 Å². The summed E-state index contributed by atoms with van der Waals surface area (Å²) in [5.41, 5.74) is 5.86. The molecule has 0 radical (unpaired) electrons. The summed E-state index contributed by atoms with van der Waals surface area (Å²) in [5, 5.41) is 13.1. The summed E-state index contributed by atoms with van der Waals surface area (Å²) in [6, 6.07) is 0. The molecule has 0 saturated carbocycles. The maximum Gasteiger partial charge on any atom is 0.336 e. The minimum absolute atomic E-state index is 0.153. The number of sulfonamides is 1. The fourth-order valence-electron chi connectivity index (χ4n) is 1.43. The van der Waals surface area contributed by atoms with Gasteiger partial charge in [0.05, 0.1) is 12.8 Å². The molecule has 19 heavy (non-hydrogen) atoms. The molecule has 1 rings (SSSR count). The zero-order valence-electron chi connectivity index (χ0n) is 10.7. The van der Waals surface area contributed by atoms with Gasteiger partial charge in [-0.25, -0.2) is 17.9 Å². The monoisotopic (exact) mass is 292 g/mol. The zero-order valence-corrected chi connectivity index (χ0v) is 11.6. The Morgan fingerprint density at radius 1 is 1.63 bits per heavy atom. The fourth-order valence-corrected chi connectivity index (χ4v) is 2.79. The summed E-state index contributed by atoms with van der Waals surface area (Å²) in [4.78, 5) is 10.8. The van der Waals surface area contributed by atoms with E-state index < -0.39 is 28.6 Å². The van der Waals surface area contributed by atoms with Crippen LogP contribution < -0.4 is 10.5 Å². The molecule has 1 heterocycles. The lowest BCUT2D eigenvalue weighted by Crippen LogP contribution is -2.37. The van der Waals surface area contributed by atoms with E-state index >= 15 is 0 Å². The van der Waals surface area contributed by atoms with Crippen LogP contribution in [0.15, 0.2) is 4.90 Å². The van der Waals surface area contributed by atoms with E-state index in [0.717, 1.165) is 7.11 Å². The third-order valence-corrected chi connectivity index (χ3v) is 4.10. The quantitative estimate of drug-likeness (QED) is 0.540. The summed E-state index contributed by atoms with van der Waals surface area (Å²) in [6.07, 6.45) is -1.59. The molecule has 1 atom stereocenters. The molecule has 108 valence electrons. The predicted octanol–water partition coefficient (Wildman–Crippen LogP) is -1.88. The molecule has 0 saturated heterocycles. The van der Waals surface area contributed by atoms with Crippen molar-refractivity contribution in [2.75, 3.05) is 19.4 Å². The number of nitrogens with one attached hydrogen (secondary N) is 1. The number of nitrogens with zero attached hydrogens (tertiary/aromatic N) is 2. The highest BCUT2D eigenvalue weighted by molar-refractivity contribution is 7.89. The number of carbonyl (C=O) groups excluding carboxylic acids is 1. The molecular formula is C9H16N4O5S. The first-order valence-corrected chi connectivity index (χ1v) is 6.73. The normalized spacial score (nSPS) is 13.3. The molecule has 9 nitrogen and oxygen atoms in total. The van der Waals surface area contributed by atoms with Gasteiger partial charge in [0.25, 0.3) is 0 Å². The lowest BCUT2D eigenvalue weighted by molar-refractivity contribution is -0.149. The van der Waals surface area contributed by atoms with E-state index in [2.05, 4.69) is 14.6 Å². The standard InChI is InChI=1S/C9H16N4O5S/c1-5-7(8(10)12-13(5)2)19(16,17)11-4-6(14)9(15)18-3/h6,11,14H,4H2,1-3H3,(H2,10,12). The molecule has 1 unspecified atom stereocenters. The van der Waals surface area contributed by atoms with Gasteiger partial charge in [-0.3, -0.25) is 4.68 Å². The maximum atomic E-state index is 12.0. The van der Waals surface area contributed by atoms with E-state index in [-0.39, 0.29) is 10.7 Å². The molecule has 0 bridgehead atoms. The van der Waals surface area contributed by atoms with Crippen LogP contribution in [-0.4, -0.2) is 49.0 Å². The Kier molecular flexibility index (Phi) is 4.50. The Morgan fingerprint density at radius 2 is 2.21 bits per heavy atom. The van der Waals surface area contributed by atoms with Crippen molar-refractivity contribution in [1.29, 1.82) is 0 Å². The minimum atomic E-state index is -3.96. The van der Waals surface area contributed by atoms with Crippen molar-refractivity contribution in [3.8, 4) is 0 Å². The second-order valence-corrected chi connectivity index (χ2v) is 5.52. The van der Waals surface area contributed by atoms with Crippen molar-refractivity contribution >= 4 is 21.8 Å². The molecule has 0 aromatic carbocycles. The van der Waals surface area contributed by atoms with Gasteiger partial charge in [-0.15, -0.1) is 0 Å². The third kappa shape index (κ3) is 3.22. The number of hydrogen-bond acceptors (Lipinski definition) is 7. The van der Waals surface area contributed by atoms with Crippen LogP contribution in [0.2, 0.25) is 0 Å². The van der Waals surface area contributed by atoms with Crippen molar-refractivity contribution in [3.63, 3.8) is 0 Å². The Morgan fingerprint density at radius 3 is 2.63 bits per heavy atom. The number of aliphatic hydroxyl groups is 1. The SMILES string of the molecule is COC(=O)C(O)CNS(=O)(=O)c1c(N)nn(C)c1C. The van der Waals surface area contributed by atoms with Gasteiger partial charge in [-0.2, -0.15) is 5.10 Å². The van der Waals surface area contributed by atoms with Crippen LogP contribution in [0.4, 0.5) is 5.82 Å². The first kappa shape index (κ1) is 15.4. The van der Waals surface area contributed by atoms with Gasteiger partial charge in [-0.1, -0.05) is 0 Å². The highest BCUT2D eigenvalue weighted by atomic mass is 32.2. The molecular weight excluding hydrogens is 276 g/mol. The topological polar surface area (TPSA) is 137 Å². The molecule has 4 N–H and O–H groups in total. The van der Waals surface area contributed by atoms with Crippen molar-refractivity contribution in [2.24, 2.45) is 7.05 Å². The minimum Gasteiger partial charge on any atom is -0.467 e. The van der Waals surface area contributed by atoms with Crippen molar-refractivity contribution in [1.82, 2.24) is 14.5 Å². The van der Waals surface area contributed by atoms with Gasteiger partial charge >= 0.3 is 5.97 Å². The van der Waals surface area contributed by atoms with E-state index in [1.165, 1.54) is 11.6 Å². The number of nitrogen functional groups attached to an aromatic ring is 1. The summed E-state index contributed by atoms with van der Waals surface area (Å²) in [6.45, 7) is 1.03. The number of carbonyl (C=O) groups is 1. The van der Waals surface area contributed by atoms with E-state index in [4.69, 9.17) is 5.73 Å². The van der Waals surface area contributed by atoms with Crippen molar-refractivity contribution in [2.45, 2.75) is 17.9 Å². The number of esters is 1. The van der Waals surface area contributed by atoms with Gasteiger partial charge in [0.15, 0.2) is 11.9 Å². The van der Waals surface area contributed by atoms with Crippen LogP contribution in [0.3, 0.4) is 0 Å². The zero-order chi connectivity index (χ0) is 14.8. The molecule has 1 aromatic heterocycles. The Labute approximate surface area is 110 Å². The molecule has 0 aliphatic carbocycles. The lowest BCUT2D eigenvalue weighted by Gasteiger charge is -2.10. The number of methoxy groups -OCH3 is 1. The smallest absolute Gasteiger partial charge is 0.336 e. The molecule has 0 aliphatic heterocycles. The fraction of sp³-hybridized carbons (Fsp3) is 0.556. The summed E-state index contributed by atoms with van der Waals surface area (Å²) < 4.78 is 31.7. The molecule has 0 aliphatic rings. The average molecular weight is 292 g/mol. The number of nitrogens with two attached hydrogens (primary N) is 1. The summed E-state index contributed by atoms with van der Waals surface area (Å²) >= 11 is 0. The maximum absolute atomic E-state index is 12.0. The second-order valence-electron chi connectivity index (χ2n) is 3.81. The molecule has 0 fully saturated rings. The van der Waals surface area contributed by atoms with Crippen LogP contribution in [0.1, 0.15) is 5.69 Å². The first-order valence-electron chi connectivity index (χ1n) is 5.25. The average Bonchev–Trinajstić information content (AvgIpc) is 2.59. The van der Waals surface area contributed by atoms with E-state index in [9.17, 15) is 18.3 Å². The van der Waals surface area contributed by atoms with Crippen molar-refractivity contribution in [3.05, 3.63) is 5.69 Å². The number of aliphatic hydroxyl groups excluding tert-OH is 1. The van der Waals surface area contributed by atoms with Crippen LogP contribution >= 0.6 is 0 Å². The highest BCUT2D eigenvalue weighted by Gasteiger charge is 2.26. The molecule has 10 heteroatoms. The Balaban J connectivity index is 2.91. The van der Waals surface area contributed by atoms with E-state index in [1.807, 2.05) is 0 Å². The number of aryl methyl sites for hydroxylation is 1. The van der Waals surface area contributed by atoms with Crippen molar-refractivity contribution < 1.29 is 23.1 Å². The number of aromatic nitrogens is 2. The Hall–Kier alpha value is -1.65. The summed E-state index contributed by atoms with van der Waals surface area (Å²) in [5.74, 6) is -1.08. The van der Waals surface area contributed by atoms with Crippen LogP contribution in [0, 0.1) is 6.92 Å². The number of ether oxygens (including phenoxy) is 1. The first-order chi connectivity index (χ1) is 8.70. The number of rotatable bonds is 5. The van der Waals surface area contributed by atoms with Gasteiger partial charge in [0.2, 0.25) is 10.0 Å². The van der Waals surface area contributed by atoms with Gasteiger partial charge < -0.3 is 15.6 Å². The van der Waals surface area contributed by atoms with Crippen LogP contribution in [-0.2, 0) is 26.6 Å². The number of hydrogen-bond donors (Lipinski definition) is 3.